The Morgan fingerprint density at radius 3 is 1.24 bits per heavy atom. The van der Waals surface area contributed by atoms with Gasteiger partial charge >= 0.3 is 0 Å². The lowest BCUT2D eigenvalue weighted by Gasteiger charge is -2.24. The molecule has 0 aromatic rings. The van der Waals surface area contributed by atoms with Crippen molar-refractivity contribution in [2.24, 2.45) is 11.7 Å². The summed E-state index contributed by atoms with van der Waals surface area (Å²) in [5.41, 5.74) is 5.53. The van der Waals surface area contributed by atoms with E-state index in [1.807, 2.05) is 0 Å². The van der Waals surface area contributed by atoms with Crippen LogP contribution in [0, 0.1) is 5.92 Å². The molecule has 0 fully saturated rings. The van der Waals surface area contributed by atoms with Gasteiger partial charge in [-0.05, 0) is 25.8 Å². The van der Waals surface area contributed by atoms with E-state index in [-0.39, 0.29) is 12.4 Å². The Hall–Kier alpha value is -0.490. The second-order valence-electron chi connectivity index (χ2n) is 12.8. The highest BCUT2D eigenvalue weighted by Crippen LogP contribution is 2.19. The molecule has 0 aromatic heterocycles. The number of aliphatic hydroxyl groups excluding tert-OH is 3. The lowest BCUT2D eigenvalue weighted by molar-refractivity contribution is -0.132. The second kappa shape index (κ2) is 32.4. The van der Waals surface area contributed by atoms with Crippen molar-refractivity contribution in [3.63, 3.8) is 0 Å². The van der Waals surface area contributed by atoms with Crippen LogP contribution in [0.2, 0.25) is 0 Å². The molecule has 0 amide bonds. The van der Waals surface area contributed by atoms with Gasteiger partial charge in [-0.25, -0.2) is 0 Å². The van der Waals surface area contributed by atoms with E-state index in [1.165, 1.54) is 128 Å². The molecule has 0 aliphatic carbocycles. The van der Waals surface area contributed by atoms with Crippen molar-refractivity contribution >= 4 is 5.78 Å². The fourth-order valence-electron chi connectivity index (χ4n) is 5.96. The average Bonchev–Trinajstić information content (AvgIpc) is 2.97. The van der Waals surface area contributed by atoms with Gasteiger partial charge in [-0.3, -0.25) is 4.79 Å². The van der Waals surface area contributed by atoms with Crippen LogP contribution >= 0.6 is 0 Å². The number of ketones is 1. The number of Topliss-reactive ketones (excluding diaryl/α,β-unsaturated/α-hetero) is 1. The summed E-state index contributed by atoms with van der Waals surface area (Å²) >= 11 is 0. The van der Waals surface area contributed by atoms with Crippen LogP contribution < -0.4 is 5.73 Å². The van der Waals surface area contributed by atoms with E-state index in [1.54, 1.807) is 0 Å². The first kappa shape index (κ1) is 40.5. The van der Waals surface area contributed by atoms with Crippen molar-refractivity contribution in [3.05, 3.63) is 0 Å². The molecule has 5 heteroatoms. The molecule has 0 aliphatic rings. The van der Waals surface area contributed by atoms with Crippen molar-refractivity contribution in [1.29, 1.82) is 0 Å². The highest BCUT2D eigenvalue weighted by molar-refractivity contribution is 5.81. The Labute approximate surface area is 255 Å². The second-order valence-corrected chi connectivity index (χ2v) is 12.8. The van der Waals surface area contributed by atoms with Crippen molar-refractivity contribution in [2.75, 3.05) is 13.2 Å². The molecule has 246 valence electrons. The number of carbonyl (C=O) groups excluding carboxylic acids is 1. The lowest BCUT2D eigenvalue weighted by Crippen LogP contribution is -2.40. The maximum atomic E-state index is 12.6. The molecule has 0 rings (SSSR count). The third-order valence-electron chi connectivity index (χ3n) is 8.90. The summed E-state index contributed by atoms with van der Waals surface area (Å²) in [6.45, 7) is 2.70. The number of aliphatic hydroxyl groups is 3. The number of hydrogen-bond acceptors (Lipinski definition) is 5. The number of carbonyl (C=O) groups is 1. The molecule has 0 saturated heterocycles. The Kier molecular flexibility index (Phi) is 32.0. The number of rotatable bonds is 34. The summed E-state index contributed by atoms with van der Waals surface area (Å²) in [5.74, 6) is -0.958. The lowest BCUT2D eigenvalue weighted by atomic mass is 9.89. The van der Waals surface area contributed by atoms with Crippen LogP contribution in [0.25, 0.3) is 0 Å². The quantitative estimate of drug-likeness (QED) is 0.0565. The molecule has 0 aliphatic heterocycles. The Morgan fingerprint density at radius 2 is 0.878 bits per heavy atom. The minimum absolute atomic E-state index is 0.104. The average molecular weight is 584 g/mol. The summed E-state index contributed by atoms with van der Waals surface area (Å²) in [6.07, 6.45) is 32.6. The molecule has 0 bridgehead atoms. The molecule has 0 heterocycles. The molecular weight excluding hydrogens is 510 g/mol. The van der Waals surface area contributed by atoms with Crippen LogP contribution in [0.1, 0.15) is 193 Å². The van der Waals surface area contributed by atoms with Crippen molar-refractivity contribution < 1.29 is 20.1 Å². The van der Waals surface area contributed by atoms with Gasteiger partial charge in [0, 0.05) is 6.42 Å². The standard InChI is InChI=1S/C36H73NO4/c1-2-3-4-5-6-7-8-9-10-11-14-17-20-23-26-29-34(39)33(32-38)36(41)35(40)30-27-24-21-18-15-12-13-16-19-22-25-28-31-37/h33,35-36,38,40-41H,2-32,37H2,1H3. The van der Waals surface area contributed by atoms with Gasteiger partial charge in [0.05, 0.1) is 24.7 Å². The Balaban J connectivity index is 3.67. The van der Waals surface area contributed by atoms with Gasteiger partial charge in [0.1, 0.15) is 5.78 Å². The molecule has 3 unspecified atom stereocenters. The van der Waals surface area contributed by atoms with Gasteiger partial charge in [0.25, 0.3) is 0 Å². The number of nitrogens with two attached hydrogens (primary N) is 1. The monoisotopic (exact) mass is 584 g/mol. The largest absolute Gasteiger partial charge is 0.396 e. The van der Waals surface area contributed by atoms with E-state index in [9.17, 15) is 20.1 Å². The van der Waals surface area contributed by atoms with Crippen LogP contribution in [-0.4, -0.2) is 46.5 Å². The summed E-state index contributed by atoms with van der Waals surface area (Å²) in [4.78, 5) is 12.6. The smallest absolute Gasteiger partial charge is 0.140 e. The van der Waals surface area contributed by atoms with Gasteiger partial charge in [-0.2, -0.15) is 0 Å². The Bertz CT molecular complexity index is 530. The molecule has 41 heavy (non-hydrogen) atoms. The maximum absolute atomic E-state index is 12.6. The van der Waals surface area contributed by atoms with Gasteiger partial charge in [-0.1, -0.05) is 167 Å². The van der Waals surface area contributed by atoms with Crippen LogP contribution in [0.3, 0.4) is 0 Å². The van der Waals surface area contributed by atoms with E-state index in [0.29, 0.717) is 12.8 Å². The number of hydrogen-bond donors (Lipinski definition) is 4. The van der Waals surface area contributed by atoms with Crippen LogP contribution in [0.4, 0.5) is 0 Å². The summed E-state index contributed by atoms with van der Waals surface area (Å²) in [7, 11) is 0. The summed E-state index contributed by atoms with van der Waals surface area (Å²) in [5, 5.41) is 30.7. The normalized spacial score (nSPS) is 13.9. The van der Waals surface area contributed by atoms with E-state index < -0.39 is 18.1 Å². The predicted molar refractivity (Wildman–Crippen MR) is 176 cm³/mol. The highest BCUT2D eigenvalue weighted by Gasteiger charge is 2.30. The van der Waals surface area contributed by atoms with E-state index in [2.05, 4.69) is 6.92 Å². The third-order valence-corrected chi connectivity index (χ3v) is 8.90. The minimum Gasteiger partial charge on any atom is -0.396 e. The molecule has 5 nitrogen and oxygen atoms in total. The zero-order chi connectivity index (χ0) is 30.2. The zero-order valence-electron chi connectivity index (χ0n) is 27.5. The summed E-state index contributed by atoms with van der Waals surface area (Å²) < 4.78 is 0. The van der Waals surface area contributed by atoms with E-state index in [0.717, 1.165) is 51.5 Å². The van der Waals surface area contributed by atoms with Crippen molar-refractivity contribution in [2.45, 2.75) is 205 Å². The Morgan fingerprint density at radius 1 is 0.537 bits per heavy atom. The SMILES string of the molecule is CCCCCCCCCCCCCCCCCC(=O)C(CO)C(O)C(O)CCCCCCCCCCCCCCN. The highest BCUT2D eigenvalue weighted by atomic mass is 16.3. The van der Waals surface area contributed by atoms with E-state index >= 15 is 0 Å². The molecule has 0 saturated carbocycles. The van der Waals surface area contributed by atoms with Crippen molar-refractivity contribution in [1.82, 2.24) is 0 Å². The first-order valence-corrected chi connectivity index (χ1v) is 18.3. The predicted octanol–water partition coefficient (Wildman–Crippen LogP) is 9.18. The van der Waals surface area contributed by atoms with Crippen LogP contribution in [0.15, 0.2) is 0 Å². The summed E-state index contributed by atoms with van der Waals surface area (Å²) in [6, 6.07) is 0. The number of unbranched alkanes of at least 4 members (excludes halogenated alkanes) is 25. The van der Waals surface area contributed by atoms with Crippen LogP contribution in [0.5, 0.6) is 0 Å². The van der Waals surface area contributed by atoms with E-state index in [4.69, 9.17) is 5.73 Å². The first-order chi connectivity index (χ1) is 20.1. The van der Waals surface area contributed by atoms with Crippen LogP contribution in [-0.2, 0) is 4.79 Å². The molecule has 3 atom stereocenters. The van der Waals surface area contributed by atoms with Gasteiger partial charge < -0.3 is 21.1 Å². The molecular formula is C36H73NO4. The van der Waals surface area contributed by atoms with Gasteiger partial charge in [-0.15, -0.1) is 0 Å². The zero-order valence-corrected chi connectivity index (χ0v) is 27.5. The topological polar surface area (TPSA) is 104 Å². The van der Waals surface area contributed by atoms with Gasteiger partial charge in [0.2, 0.25) is 0 Å². The molecule has 0 spiro atoms. The minimum atomic E-state index is -1.16. The fourth-order valence-corrected chi connectivity index (χ4v) is 5.96. The molecule has 0 aromatic carbocycles. The van der Waals surface area contributed by atoms with Crippen molar-refractivity contribution in [3.8, 4) is 0 Å². The molecule has 5 N–H and O–H groups in total. The maximum Gasteiger partial charge on any atom is 0.140 e. The third kappa shape index (κ3) is 26.8. The van der Waals surface area contributed by atoms with Gasteiger partial charge in [0.15, 0.2) is 0 Å². The fraction of sp³-hybridized carbons (Fsp3) is 0.972. The molecule has 0 radical (unpaired) electrons. The first-order valence-electron chi connectivity index (χ1n) is 18.3.